The van der Waals surface area contributed by atoms with E-state index in [1.54, 1.807) is 6.92 Å². The van der Waals surface area contributed by atoms with Gasteiger partial charge in [-0.3, -0.25) is 4.79 Å². The first-order valence-corrected chi connectivity index (χ1v) is 7.31. The molecule has 0 aliphatic heterocycles. The molecule has 2 rings (SSSR count). The summed E-state index contributed by atoms with van der Waals surface area (Å²) in [6, 6.07) is 0. The Morgan fingerprint density at radius 2 is 2.32 bits per heavy atom. The number of aryl methyl sites for hydroxylation is 1. The molecule has 106 valence electrons. The lowest BCUT2D eigenvalue weighted by molar-refractivity contribution is -0.120. The lowest BCUT2D eigenvalue weighted by Gasteiger charge is -2.26. The Morgan fingerprint density at radius 1 is 1.53 bits per heavy atom. The Balaban J connectivity index is 1.79. The van der Waals surface area contributed by atoms with E-state index in [-0.39, 0.29) is 17.5 Å². The van der Waals surface area contributed by atoms with Crippen LogP contribution in [0.4, 0.5) is 0 Å². The topological polar surface area (TPSA) is 55.1 Å². The highest BCUT2D eigenvalue weighted by atomic mass is 35.5. The molecule has 1 saturated carbocycles. The fourth-order valence-corrected chi connectivity index (χ4v) is 3.02. The van der Waals surface area contributed by atoms with Crippen LogP contribution in [0.3, 0.4) is 0 Å². The van der Waals surface area contributed by atoms with Crippen LogP contribution in [-0.2, 0) is 11.2 Å². The molecular formula is C14H21ClN2O2. The molecule has 0 saturated heterocycles. The van der Waals surface area contributed by atoms with E-state index in [4.69, 9.17) is 16.1 Å². The highest BCUT2D eigenvalue weighted by Gasteiger charge is 2.20. The van der Waals surface area contributed by atoms with Crippen LogP contribution in [-0.4, -0.2) is 17.6 Å². The number of carbonyl (C=O) groups is 1. The molecule has 0 spiro atoms. The summed E-state index contributed by atoms with van der Waals surface area (Å²) in [7, 11) is 0. The van der Waals surface area contributed by atoms with E-state index in [9.17, 15) is 4.79 Å². The molecule has 4 nitrogen and oxygen atoms in total. The first kappa shape index (κ1) is 14.4. The van der Waals surface area contributed by atoms with Gasteiger partial charge in [0, 0.05) is 12.1 Å². The van der Waals surface area contributed by atoms with Crippen LogP contribution in [0.5, 0.6) is 0 Å². The molecule has 19 heavy (non-hydrogen) atoms. The minimum Gasteiger partial charge on any atom is -0.356 e. The Labute approximate surface area is 118 Å². The number of rotatable bonds is 4. The summed E-state index contributed by atoms with van der Waals surface area (Å²) >= 11 is 5.85. The number of hydrogen-bond donors (Lipinski definition) is 1. The summed E-state index contributed by atoms with van der Waals surface area (Å²) in [5.74, 6) is 1.39. The van der Waals surface area contributed by atoms with Crippen molar-refractivity contribution in [2.45, 2.75) is 46.0 Å². The van der Waals surface area contributed by atoms with E-state index in [1.807, 2.05) is 0 Å². The highest BCUT2D eigenvalue weighted by molar-refractivity contribution is 6.29. The summed E-state index contributed by atoms with van der Waals surface area (Å²) < 4.78 is 4.84. The predicted molar refractivity (Wildman–Crippen MR) is 74.1 cm³/mol. The minimum atomic E-state index is -0.00794. The van der Waals surface area contributed by atoms with Crippen LogP contribution in [0.15, 0.2) is 4.52 Å². The molecule has 1 amide bonds. The fourth-order valence-electron chi connectivity index (χ4n) is 2.78. The van der Waals surface area contributed by atoms with Crippen molar-refractivity contribution in [1.29, 1.82) is 0 Å². The van der Waals surface area contributed by atoms with Crippen molar-refractivity contribution in [3.05, 3.63) is 16.5 Å². The molecule has 0 bridgehead atoms. The molecule has 1 heterocycles. The second kappa shape index (κ2) is 6.42. The third kappa shape index (κ3) is 3.96. The van der Waals surface area contributed by atoms with E-state index in [1.165, 1.54) is 25.7 Å². The Bertz CT molecular complexity index is 425. The zero-order valence-electron chi connectivity index (χ0n) is 11.5. The third-order valence-corrected chi connectivity index (χ3v) is 4.20. The standard InChI is InChI=1S/C14H21ClN2O2/c1-9-4-3-5-11(6-9)8-16-13(18)7-12-10(2)17-19-14(12)15/h9,11H,3-8H2,1-2H3,(H,16,18)/t9-,11-/m0/s1. The molecule has 1 aromatic heterocycles. The second-order valence-corrected chi connectivity index (χ2v) is 5.98. The van der Waals surface area contributed by atoms with Crippen molar-refractivity contribution >= 4 is 17.5 Å². The van der Waals surface area contributed by atoms with E-state index in [2.05, 4.69) is 17.4 Å². The molecule has 5 heteroatoms. The maximum atomic E-state index is 11.9. The number of aromatic nitrogens is 1. The number of halogens is 1. The molecule has 0 aromatic carbocycles. The van der Waals surface area contributed by atoms with E-state index < -0.39 is 0 Å². The Hall–Kier alpha value is -1.03. The maximum absolute atomic E-state index is 11.9. The molecule has 1 aromatic rings. The van der Waals surface area contributed by atoms with Gasteiger partial charge in [-0.1, -0.05) is 24.9 Å². The molecule has 1 aliphatic rings. The van der Waals surface area contributed by atoms with Crippen LogP contribution in [0.1, 0.15) is 43.9 Å². The van der Waals surface area contributed by atoms with Crippen LogP contribution in [0.25, 0.3) is 0 Å². The van der Waals surface area contributed by atoms with Gasteiger partial charge in [0.25, 0.3) is 0 Å². The highest BCUT2D eigenvalue weighted by Crippen LogP contribution is 2.28. The van der Waals surface area contributed by atoms with Gasteiger partial charge in [0.15, 0.2) is 0 Å². The van der Waals surface area contributed by atoms with Gasteiger partial charge in [0.1, 0.15) is 0 Å². The Kier molecular flexibility index (Phi) is 4.86. The van der Waals surface area contributed by atoms with Gasteiger partial charge in [0.2, 0.25) is 11.1 Å². The first-order chi connectivity index (χ1) is 9.06. The van der Waals surface area contributed by atoms with Crippen molar-refractivity contribution in [1.82, 2.24) is 10.5 Å². The summed E-state index contributed by atoms with van der Waals surface area (Å²) in [5, 5.41) is 6.96. The average molecular weight is 285 g/mol. The van der Waals surface area contributed by atoms with Gasteiger partial charge in [-0.2, -0.15) is 0 Å². The van der Waals surface area contributed by atoms with Crippen molar-refractivity contribution in [2.75, 3.05) is 6.54 Å². The van der Waals surface area contributed by atoms with Crippen LogP contribution >= 0.6 is 11.6 Å². The number of amides is 1. The third-order valence-electron chi connectivity index (χ3n) is 3.91. The van der Waals surface area contributed by atoms with Gasteiger partial charge in [-0.15, -0.1) is 0 Å². The maximum Gasteiger partial charge on any atom is 0.229 e. The van der Waals surface area contributed by atoms with Gasteiger partial charge < -0.3 is 9.84 Å². The summed E-state index contributed by atoms with van der Waals surface area (Å²) in [6.07, 6.45) is 5.28. The van der Waals surface area contributed by atoms with Gasteiger partial charge in [-0.05, 0) is 43.2 Å². The molecule has 0 unspecified atom stereocenters. The van der Waals surface area contributed by atoms with Crippen LogP contribution in [0.2, 0.25) is 5.22 Å². The number of carbonyl (C=O) groups excluding carboxylic acids is 1. The number of hydrogen-bond acceptors (Lipinski definition) is 3. The van der Waals surface area contributed by atoms with E-state index in [0.717, 1.165) is 12.5 Å². The quantitative estimate of drug-likeness (QED) is 0.924. The monoisotopic (exact) mass is 284 g/mol. The minimum absolute atomic E-state index is 0.00794. The van der Waals surface area contributed by atoms with E-state index in [0.29, 0.717) is 17.2 Å². The molecule has 1 fully saturated rings. The van der Waals surface area contributed by atoms with Gasteiger partial charge in [0.05, 0.1) is 12.1 Å². The van der Waals surface area contributed by atoms with Crippen molar-refractivity contribution in [2.24, 2.45) is 11.8 Å². The van der Waals surface area contributed by atoms with Crippen molar-refractivity contribution in [3.63, 3.8) is 0 Å². The lowest BCUT2D eigenvalue weighted by Crippen LogP contribution is -2.32. The summed E-state index contributed by atoms with van der Waals surface area (Å²) in [4.78, 5) is 11.9. The molecular weight excluding hydrogens is 264 g/mol. The first-order valence-electron chi connectivity index (χ1n) is 6.93. The normalized spacial score (nSPS) is 23.3. The SMILES string of the molecule is Cc1noc(Cl)c1CC(=O)NC[C@H]1CCC[C@H](C)C1. The summed E-state index contributed by atoms with van der Waals surface area (Å²) in [5.41, 5.74) is 1.38. The Morgan fingerprint density at radius 3 is 2.95 bits per heavy atom. The van der Waals surface area contributed by atoms with E-state index >= 15 is 0 Å². The zero-order valence-corrected chi connectivity index (χ0v) is 12.3. The molecule has 2 atom stereocenters. The van der Waals surface area contributed by atoms with Crippen molar-refractivity contribution < 1.29 is 9.32 Å². The fraction of sp³-hybridized carbons (Fsp3) is 0.714. The largest absolute Gasteiger partial charge is 0.356 e. The predicted octanol–water partition coefficient (Wildman–Crippen LogP) is 3.12. The van der Waals surface area contributed by atoms with Gasteiger partial charge in [-0.25, -0.2) is 0 Å². The van der Waals surface area contributed by atoms with Gasteiger partial charge >= 0.3 is 0 Å². The second-order valence-electron chi connectivity index (χ2n) is 5.64. The lowest BCUT2D eigenvalue weighted by atomic mass is 9.82. The van der Waals surface area contributed by atoms with Crippen molar-refractivity contribution in [3.8, 4) is 0 Å². The van der Waals surface area contributed by atoms with Crippen LogP contribution in [0, 0.1) is 18.8 Å². The number of nitrogens with zero attached hydrogens (tertiary/aromatic N) is 1. The molecule has 1 N–H and O–H groups in total. The molecule has 1 aliphatic carbocycles. The smallest absolute Gasteiger partial charge is 0.229 e. The van der Waals surface area contributed by atoms with Crippen LogP contribution < -0.4 is 5.32 Å². The number of nitrogens with one attached hydrogen (secondary N) is 1. The average Bonchev–Trinajstić information content (AvgIpc) is 2.68. The zero-order chi connectivity index (χ0) is 13.8. The summed E-state index contributed by atoms with van der Waals surface area (Å²) in [6.45, 7) is 4.85. The molecule has 0 radical (unpaired) electrons.